The van der Waals surface area contributed by atoms with Crippen LogP contribution in [0.4, 0.5) is 20.2 Å². The fraction of sp³-hybridized carbons (Fsp3) is 0.333. The summed E-state index contributed by atoms with van der Waals surface area (Å²) in [7, 11) is -2.59. The Labute approximate surface area is 103 Å². The summed E-state index contributed by atoms with van der Waals surface area (Å²) in [5, 5.41) is 0. The number of nitrogen functional groups attached to an aromatic ring is 1. The zero-order valence-electron chi connectivity index (χ0n) is 9.54. The highest BCUT2D eigenvalue weighted by Crippen LogP contribution is 2.24. The summed E-state index contributed by atoms with van der Waals surface area (Å²) in [6.07, 6.45) is 0. The van der Waals surface area contributed by atoms with Crippen LogP contribution in [0.2, 0.25) is 0 Å². The second-order valence-corrected chi connectivity index (χ2v) is 4.84. The molecule has 0 saturated heterocycles. The summed E-state index contributed by atoms with van der Waals surface area (Å²) < 4.78 is 57.7. The predicted octanol–water partition coefficient (Wildman–Crippen LogP) is 0.440. The van der Waals surface area contributed by atoms with E-state index in [1.807, 2.05) is 4.72 Å². The summed E-state index contributed by atoms with van der Waals surface area (Å²) in [6.45, 7) is 0.164. The van der Waals surface area contributed by atoms with Gasteiger partial charge in [0.1, 0.15) is 11.5 Å². The smallest absolute Gasteiger partial charge is 0.299 e. The molecule has 6 nitrogen and oxygen atoms in total. The summed E-state index contributed by atoms with van der Waals surface area (Å²) in [5.41, 5.74) is 4.48. The van der Waals surface area contributed by atoms with Crippen molar-refractivity contribution in [3.8, 4) is 0 Å². The van der Waals surface area contributed by atoms with E-state index >= 15 is 0 Å². The Bertz CT molecular complexity index is 499. The van der Waals surface area contributed by atoms with Crippen LogP contribution in [0.15, 0.2) is 12.1 Å². The van der Waals surface area contributed by atoms with Gasteiger partial charge in [-0.05, 0) is 6.07 Å². The van der Waals surface area contributed by atoms with Crippen LogP contribution in [-0.2, 0) is 14.9 Å². The van der Waals surface area contributed by atoms with Gasteiger partial charge in [-0.2, -0.15) is 13.1 Å². The molecule has 1 rings (SSSR count). The molecular formula is C9H13F2N3O3S. The third kappa shape index (κ3) is 4.09. The predicted molar refractivity (Wildman–Crippen MR) is 63.2 cm³/mol. The van der Waals surface area contributed by atoms with Gasteiger partial charge in [0.25, 0.3) is 10.2 Å². The number of rotatable bonds is 6. The Morgan fingerprint density at radius 1 is 1.39 bits per heavy atom. The van der Waals surface area contributed by atoms with E-state index in [1.54, 1.807) is 0 Å². The van der Waals surface area contributed by atoms with Crippen LogP contribution in [0.1, 0.15) is 0 Å². The Hall–Kier alpha value is -1.45. The average molecular weight is 281 g/mol. The first-order valence-corrected chi connectivity index (χ1v) is 6.35. The third-order valence-corrected chi connectivity index (χ3v) is 2.98. The number of hydrogen-bond donors (Lipinski definition) is 3. The molecule has 0 saturated carbocycles. The van der Waals surface area contributed by atoms with E-state index in [0.29, 0.717) is 6.07 Å². The molecule has 0 radical (unpaired) electrons. The number of nitrogens with two attached hydrogens (primary N) is 1. The van der Waals surface area contributed by atoms with Crippen molar-refractivity contribution in [2.45, 2.75) is 0 Å². The Balaban J connectivity index is 2.84. The summed E-state index contributed by atoms with van der Waals surface area (Å²) in [6, 6.07) is 1.35. The molecule has 1 aromatic rings. The molecule has 0 bridgehead atoms. The van der Waals surface area contributed by atoms with Crippen LogP contribution >= 0.6 is 0 Å². The zero-order chi connectivity index (χ0) is 13.8. The number of benzene rings is 1. The van der Waals surface area contributed by atoms with Crippen molar-refractivity contribution in [1.82, 2.24) is 4.72 Å². The summed E-state index contributed by atoms with van der Waals surface area (Å²) in [5.74, 6) is -1.98. The molecule has 0 aliphatic heterocycles. The fourth-order valence-electron chi connectivity index (χ4n) is 1.15. The van der Waals surface area contributed by atoms with Gasteiger partial charge in [-0.1, -0.05) is 0 Å². The molecule has 1 aromatic carbocycles. The van der Waals surface area contributed by atoms with Crippen LogP contribution in [-0.4, -0.2) is 28.7 Å². The molecular weight excluding hydrogens is 268 g/mol. The molecule has 0 amide bonds. The molecule has 0 atom stereocenters. The van der Waals surface area contributed by atoms with Crippen LogP contribution in [0.5, 0.6) is 0 Å². The average Bonchev–Trinajstić information content (AvgIpc) is 2.23. The van der Waals surface area contributed by atoms with Crippen molar-refractivity contribution >= 4 is 21.6 Å². The first-order chi connectivity index (χ1) is 8.35. The van der Waals surface area contributed by atoms with E-state index in [0.717, 1.165) is 6.07 Å². The largest absolute Gasteiger partial charge is 0.397 e. The van der Waals surface area contributed by atoms with Crippen molar-refractivity contribution in [1.29, 1.82) is 0 Å². The zero-order valence-corrected chi connectivity index (χ0v) is 10.4. The number of halogens is 2. The molecule has 102 valence electrons. The van der Waals surface area contributed by atoms with E-state index in [9.17, 15) is 17.2 Å². The fourth-order valence-corrected chi connectivity index (χ4v) is 2.06. The van der Waals surface area contributed by atoms with Crippen molar-refractivity contribution < 1.29 is 21.9 Å². The van der Waals surface area contributed by atoms with Crippen molar-refractivity contribution in [3.63, 3.8) is 0 Å². The molecule has 0 aromatic heterocycles. The van der Waals surface area contributed by atoms with Crippen LogP contribution in [0.25, 0.3) is 0 Å². The van der Waals surface area contributed by atoms with Gasteiger partial charge in [-0.15, -0.1) is 0 Å². The third-order valence-electron chi connectivity index (χ3n) is 1.92. The normalized spacial score (nSPS) is 11.5. The summed E-state index contributed by atoms with van der Waals surface area (Å²) in [4.78, 5) is 0. The number of anilines is 2. The number of hydrogen-bond acceptors (Lipinski definition) is 4. The molecule has 4 N–H and O–H groups in total. The lowest BCUT2D eigenvalue weighted by Crippen LogP contribution is -2.33. The maximum absolute atomic E-state index is 13.3. The van der Waals surface area contributed by atoms with Crippen LogP contribution in [0, 0.1) is 11.6 Å². The highest BCUT2D eigenvalue weighted by atomic mass is 32.2. The molecule has 0 unspecified atom stereocenters. The molecule has 0 aliphatic rings. The summed E-state index contributed by atoms with van der Waals surface area (Å²) >= 11 is 0. The van der Waals surface area contributed by atoms with E-state index in [1.165, 1.54) is 7.11 Å². The van der Waals surface area contributed by atoms with Gasteiger partial charge in [-0.3, -0.25) is 4.72 Å². The lowest BCUT2D eigenvalue weighted by atomic mass is 10.2. The molecule has 0 spiro atoms. The first-order valence-electron chi connectivity index (χ1n) is 4.86. The highest BCUT2D eigenvalue weighted by molar-refractivity contribution is 7.90. The topological polar surface area (TPSA) is 93.4 Å². The first kappa shape index (κ1) is 14.6. The van der Waals surface area contributed by atoms with Crippen molar-refractivity contribution in [3.05, 3.63) is 23.8 Å². The molecule has 18 heavy (non-hydrogen) atoms. The van der Waals surface area contributed by atoms with Crippen LogP contribution < -0.4 is 15.2 Å². The van der Waals surface area contributed by atoms with Gasteiger partial charge in [0, 0.05) is 19.7 Å². The molecule has 9 heteroatoms. The second-order valence-electron chi connectivity index (χ2n) is 3.34. The highest BCUT2D eigenvalue weighted by Gasteiger charge is 2.16. The number of methoxy groups -OCH3 is 1. The van der Waals surface area contributed by atoms with E-state index in [-0.39, 0.29) is 18.8 Å². The minimum absolute atomic E-state index is 0.00848. The SMILES string of the molecule is COCCNS(=O)(=O)Nc1c(N)cc(F)cc1F. The quantitative estimate of drug-likeness (QED) is 0.521. The van der Waals surface area contributed by atoms with Gasteiger partial charge in [-0.25, -0.2) is 8.78 Å². The van der Waals surface area contributed by atoms with Gasteiger partial charge in [0.2, 0.25) is 0 Å². The van der Waals surface area contributed by atoms with Crippen molar-refractivity contribution in [2.24, 2.45) is 0 Å². The molecule has 0 heterocycles. The Kier molecular flexibility index (Phi) is 4.82. The standard InChI is InChI=1S/C9H13F2N3O3S/c1-17-3-2-13-18(15,16)14-9-7(11)4-6(10)5-8(9)12/h4-5,13-14H,2-3,12H2,1H3. The van der Waals surface area contributed by atoms with E-state index < -0.39 is 27.5 Å². The maximum atomic E-state index is 13.3. The Morgan fingerprint density at radius 3 is 2.61 bits per heavy atom. The van der Waals surface area contributed by atoms with Crippen molar-refractivity contribution in [2.75, 3.05) is 30.7 Å². The van der Waals surface area contributed by atoms with Crippen LogP contribution in [0.3, 0.4) is 0 Å². The van der Waals surface area contributed by atoms with E-state index in [4.69, 9.17) is 5.73 Å². The monoisotopic (exact) mass is 281 g/mol. The number of ether oxygens (including phenoxy) is 1. The molecule has 0 aliphatic carbocycles. The molecule has 0 fully saturated rings. The minimum Gasteiger partial charge on any atom is -0.397 e. The minimum atomic E-state index is -3.99. The lowest BCUT2D eigenvalue weighted by molar-refractivity contribution is 0.204. The van der Waals surface area contributed by atoms with E-state index in [2.05, 4.69) is 9.46 Å². The number of nitrogens with one attached hydrogen (secondary N) is 2. The van der Waals surface area contributed by atoms with Gasteiger partial charge < -0.3 is 10.5 Å². The second kappa shape index (κ2) is 5.94. The van der Waals surface area contributed by atoms with Gasteiger partial charge in [0.05, 0.1) is 12.3 Å². The maximum Gasteiger partial charge on any atom is 0.299 e. The van der Waals surface area contributed by atoms with Gasteiger partial charge >= 0.3 is 0 Å². The lowest BCUT2D eigenvalue weighted by Gasteiger charge is -2.11. The van der Waals surface area contributed by atoms with Gasteiger partial charge in [0.15, 0.2) is 5.82 Å². The Morgan fingerprint density at radius 2 is 2.06 bits per heavy atom.